The van der Waals surface area contributed by atoms with Crippen LogP contribution in [-0.4, -0.2) is 36.8 Å². The number of rotatable bonds is 2. The molecule has 0 radical (unpaired) electrons. The smallest absolute Gasteiger partial charge is 0.245 e. The van der Waals surface area contributed by atoms with Crippen molar-refractivity contribution in [2.75, 3.05) is 24.6 Å². The van der Waals surface area contributed by atoms with E-state index >= 15 is 0 Å². The zero-order valence-corrected chi connectivity index (χ0v) is 11.9. The second-order valence-corrected chi connectivity index (χ2v) is 5.51. The van der Waals surface area contributed by atoms with Crippen LogP contribution in [0.4, 0.5) is 5.69 Å². The van der Waals surface area contributed by atoms with E-state index in [-0.39, 0.29) is 12.5 Å². The highest BCUT2D eigenvalue weighted by molar-refractivity contribution is 9.10. The average Bonchev–Trinajstić information content (AvgIpc) is 2.50. The summed E-state index contributed by atoms with van der Waals surface area (Å²) in [6, 6.07) is 7.24. The molecule has 1 aromatic carbocycles. The molecule has 1 aliphatic rings. The lowest BCUT2D eigenvalue weighted by atomic mass is 10.1. The lowest BCUT2D eigenvalue weighted by Crippen LogP contribution is -2.47. The Hall–Kier alpha value is -1.07. The third kappa shape index (κ3) is 2.67. The molecule has 1 aromatic rings. The number of aliphatic hydroxyl groups excluding tert-OH is 1. The summed E-state index contributed by atoms with van der Waals surface area (Å²) >= 11 is 3.50. The maximum absolute atomic E-state index is 12.0. The topological polar surface area (TPSA) is 52.6 Å². The summed E-state index contributed by atoms with van der Waals surface area (Å²) in [5.74, 6) is 0.232. The quantitative estimate of drug-likeness (QED) is 0.867. The normalized spacial score (nSPS) is 24.6. The summed E-state index contributed by atoms with van der Waals surface area (Å²) in [6.07, 6.45) is 0. The van der Waals surface area contributed by atoms with E-state index in [1.165, 1.54) is 0 Å². The van der Waals surface area contributed by atoms with E-state index in [1.54, 1.807) is 0 Å². The van der Waals surface area contributed by atoms with Crippen LogP contribution in [0.3, 0.4) is 0 Å². The van der Waals surface area contributed by atoms with Crippen LogP contribution in [0.5, 0.6) is 0 Å². The van der Waals surface area contributed by atoms with Gasteiger partial charge in [0.15, 0.2) is 0 Å². The number of halogens is 1. The van der Waals surface area contributed by atoms with Gasteiger partial charge in [-0.2, -0.15) is 0 Å². The van der Waals surface area contributed by atoms with Gasteiger partial charge in [-0.3, -0.25) is 4.79 Å². The zero-order chi connectivity index (χ0) is 13.1. The SMILES string of the molecule is CC1CNC(=O)C(CO)N(c2ccccc2Br)C1. The Bertz CT molecular complexity index is 439. The van der Waals surface area contributed by atoms with Crippen LogP contribution < -0.4 is 10.2 Å². The fraction of sp³-hybridized carbons (Fsp3) is 0.462. The number of amides is 1. The van der Waals surface area contributed by atoms with Crippen LogP contribution in [0, 0.1) is 5.92 Å². The first-order chi connectivity index (χ1) is 8.63. The van der Waals surface area contributed by atoms with Crippen molar-refractivity contribution in [2.24, 2.45) is 5.92 Å². The van der Waals surface area contributed by atoms with Crippen LogP contribution in [0.15, 0.2) is 28.7 Å². The van der Waals surface area contributed by atoms with Crippen molar-refractivity contribution in [1.82, 2.24) is 5.32 Å². The Morgan fingerprint density at radius 3 is 2.89 bits per heavy atom. The second kappa shape index (κ2) is 5.71. The number of benzene rings is 1. The van der Waals surface area contributed by atoms with Gasteiger partial charge in [-0.15, -0.1) is 0 Å². The fourth-order valence-corrected chi connectivity index (χ4v) is 2.71. The monoisotopic (exact) mass is 312 g/mol. The Labute approximate surface area is 115 Å². The minimum Gasteiger partial charge on any atom is -0.394 e. The van der Waals surface area contributed by atoms with Gasteiger partial charge in [0, 0.05) is 17.6 Å². The van der Waals surface area contributed by atoms with E-state index in [4.69, 9.17) is 0 Å². The molecule has 0 aromatic heterocycles. The summed E-state index contributed by atoms with van der Waals surface area (Å²) in [6.45, 7) is 3.30. The standard InChI is InChI=1S/C13H17BrN2O2/c1-9-6-15-13(18)12(8-17)16(7-9)11-5-3-2-4-10(11)14/h2-5,9,12,17H,6-8H2,1H3,(H,15,18). The van der Waals surface area contributed by atoms with Crippen LogP contribution in [0.2, 0.25) is 0 Å². The first-order valence-corrected chi connectivity index (χ1v) is 6.82. The summed E-state index contributed by atoms with van der Waals surface area (Å²) < 4.78 is 0.936. The molecule has 2 rings (SSSR count). The fourth-order valence-electron chi connectivity index (χ4n) is 2.19. The lowest BCUT2D eigenvalue weighted by Gasteiger charge is -2.31. The minimum absolute atomic E-state index is 0.113. The van der Waals surface area contributed by atoms with E-state index in [0.29, 0.717) is 12.5 Å². The number of aliphatic hydroxyl groups is 1. The van der Waals surface area contributed by atoms with Gasteiger partial charge in [0.05, 0.1) is 12.3 Å². The van der Waals surface area contributed by atoms with E-state index < -0.39 is 6.04 Å². The van der Waals surface area contributed by atoms with Gasteiger partial charge in [0.1, 0.15) is 6.04 Å². The summed E-state index contributed by atoms with van der Waals surface area (Å²) in [5, 5.41) is 12.3. The zero-order valence-electron chi connectivity index (χ0n) is 10.3. The number of nitrogens with zero attached hydrogens (tertiary/aromatic N) is 1. The van der Waals surface area contributed by atoms with Gasteiger partial charge in [-0.1, -0.05) is 19.1 Å². The van der Waals surface area contributed by atoms with E-state index in [0.717, 1.165) is 16.7 Å². The molecule has 1 saturated heterocycles. The summed E-state index contributed by atoms with van der Waals surface area (Å²) in [5.41, 5.74) is 0.945. The Morgan fingerprint density at radius 1 is 1.50 bits per heavy atom. The van der Waals surface area contributed by atoms with E-state index in [2.05, 4.69) is 28.2 Å². The average molecular weight is 313 g/mol. The molecule has 1 amide bonds. The molecule has 0 aliphatic carbocycles. The number of carbonyl (C=O) groups excluding carboxylic acids is 1. The Balaban J connectivity index is 2.37. The predicted octanol–water partition coefficient (Wildman–Crippen LogP) is 1.38. The maximum Gasteiger partial charge on any atom is 0.245 e. The summed E-state index contributed by atoms with van der Waals surface area (Å²) in [7, 11) is 0. The molecule has 2 unspecified atom stereocenters. The molecule has 1 heterocycles. The number of hydrogen-bond donors (Lipinski definition) is 2. The van der Waals surface area contributed by atoms with Gasteiger partial charge in [-0.25, -0.2) is 0 Å². The highest BCUT2D eigenvalue weighted by Gasteiger charge is 2.30. The van der Waals surface area contributed by atoms with Crippen LogP contribution >= 0.6 is 15.9 Å². The predicted molar refractivity (Wildman–Crippen MR) is 74.5 cm³/mol. The molecular weight excluding hydrogens is 296 g/mol. The molecule has 1 fully saturated rings. The molecule has 2 atom stereocenters. The van der Waals surface area contributed by atoms with Gasteiger partial charge < -0.3 is 15.3 Å². The Morgan fingerprint density at radius 2 is 2.22 bits per heavy atom. The molecule has 98 valence electrons. The third-order valence-corrected chi connectivity index (χ3v) is 3.82. The largest absolute Gasteiger partial charge is 0.394 e. The molecular formula is C13H17BrN2O2. The molecule has 0 saturated carbocycles. The summed E-state index contributed by atoms with van der Waals surface area (Å²) in [4.78, 5) is 13.9. The van der Waals surface area contributed by atoms with Crippen molar-refractivity contribution in [3.63, 3.8) is 0 Å². The van der Waals surface area contributed by atoms with Gasteiger partial charge in [0.2, 0.25) is 5.91 Å². The number of carbonyl (C=O) groups is 1. The lowest BCUT2D eigenvalue weighted by molar-refractivity contribution is -0.122. The number of nitrogens with one attached hydrogen (secondary N) is 1. The van der Waals surface area contributed by atoms with Crippen molar-refractivity contribution < 1.29 is 9.90 Å². The van der Waals surface area contributed by atoms with Gasteiger partial charge in [0.25, 0.3) is 0 Å². The first-order valence-electron chi connectivity index (χ1n) is 6.03. The number of hydrogen-bond acceptors (Lipinski definition) is 3. The van der Waals surface area contributed by atoms with Crippen LogP contribution in [0.1, 0.15) is 6.92 Å². The molecule has 0 spiro atoms. The molecule has 0 bridgehead atoms. The van der Waals surface area contributed by atoms with Crippen LogP contribution in [-0.2, 0) is 4.79 Å². The Kier molecular flexibility index (Phi) is 4.24. The van der Waals surface area contributed by atoms with Crippen molar-refractivity contribution in [1.29, 1.82) is 0 Å². The molecule has 5 heteroatoms. The van der Waals surface area contributed by atoms with Gasteiger partial charge >= 0.3 is 0 Å². The van der Waals surface area contributed by atoms with Crippen molar-refractivity contribution in [3.05, 3.63) is 28.7 Å². The molecule has 4 nitrogen and oxygen atoms in total. The van der Waals surface area contributed by atoms with E-state index in [1.807, 2.05) is 29.2 Å². The highest BCUT2D eigenvalue weighted by atomic mass is 79.9. The van der Waals surface area contributed by atoms with Crippen molar-refractivity contribution in [3.8, 4) is 0 Å². The first kappa shape index (κ1) is 13.4. The minimum atomic E-state index is -0.520. The highest BCUT2D eigenvalue weighted by Crippen LogP contribution is 2.28. The van der Waals surface area contributed by atoms with Crippen LogP contribution in [0.25, 0.3) is 0 Å². The second-order valence-electron chi connectivity index (χ2n) is 4.65. The number of anilines is 1. The molecule has 2 N–H and O–H groups in total. The van der Waals surface area contributed by atoms with Gasteiger partial charge in [-0.05, 0) is 34.0 Å². The maximum atomic E-state index is 12.0. The molecule has 18 heavy (non-hydrogen) atoms. The number of para-hydroxylation sites is 1. The van der Waals surface area contributed by atoms with Crippen molar-refractivity contribution >= 4 is 27.5 Å². The third-order valence-electron chi connectivity index (χ3n) is 3.15. The van der Waals surface area contributed by atoms with Crippen molar-refractivity contribution in [2.45, 2.75) is 13.0 Å². The van der Waals surface area contributed by atoms with E-state index in [9.17, 15) is 9.90 Å². The molecule has 1 aliphatic heterocycles.